The molecule has 0 aliphatic rings. The van der Waals surface area contributed by atoms with Crippen LogP contribution in [0.5, 0.6) is 0 Å². The highest BCUT2D eigenvalue weighted by Crippen LogP contribution is 2.13. The first-order valence-electron chi connectivity index (χ1n) is 20.7. The van der Waals surface area contributed by atoms with E-state index in [0.29, 0.717) is 19.3 Å². The predicted molar refractivity (Wildman–Crippen MR) is 215 cm³/mol. The van der Waals surface area contributed by atoms with Crippen LogP contribution in [0.25, 0.3) is 0 Å². The van der Waals surface area contributed by atoms with Crippen LogP contribution in [0.1, 0.15) is 162 Å². The van der Waals surface area contributed by atoms with Gasteiger partial charge in [0.15, 0.2) is 12.1 Å². The average molecular weight is 733 g/mol. The van der Waals surface area contributed by atoms with Crippen LogP contribution in [-0.4, -0.2) is 80.6 Å². The lowest BCUT2D eigenvalue weighted by atomic mass is 10.1. The van der Waals surface area contributed by atoms with E-state index in [-0.39, 0.29) is 36.2 Å². The van der Waals surface area contributed by atoms with Gasteiger partial charge in [0.2, 0.25) is 0 Å². The molecule has 0 bridgehead atoms. The molecule has 0 aromatic heterocycles. The van der Waals surface area contributed by atoms with Gasteiger partial charge in [0.25, 0.3) is 0 Å². The molecule has 1 N–H and O–H groups in total. The summed E-state index contributed by atoms with van der Waals surface area (Å²) in [7, 11) is 5.50. The van der Waals surface area contributed by atoms with E-state index < -0.39 is 18.1 Å². The highest BCUT2D eigenvalue weighted by molar-refractivity contribution is 5.72. The van der Waals surface area contributed by atoms with E-state index in [2.05, 4.69) is 62.5 Å². The van der Waals surface area contributed by atoms with Crippen LogP contribution >= 0.6 is 0 Å². The minimum atomic E-state index is -0.883. The van der Waals surface area contributed by atoms with Gasteiger partial charge in [0, 0.05) is 19.3 Å². The summed E-state index contributed by atoms with van der Waals surface area (Å²) < 4.78 is 17.2. The number of likely N-dealkylation sites (N-methyl/N-ethyl adjacent to an activating group) is 1. The Labute approximate surface area is 318 Å². The second-order valence-electron chi connectivity index (χ2n) is 14.9. The summed E-state index contributed by atoms with van der Waals surface area (Å²) >= 11 is 0. The summed E-state index contributed by atoms with van der Waals surface area (Å²) in [6.07, 6.45) is 40.2. The van der Waals surface area contributed by atoms with Crippen molar-refractivity contribution in [3.63, 3.8) is 0 Å². The lowest BCUT2D eigenvalue weighted by molar-refractivity contribution is -0.887. The lowest BCUT2D eigenvalue weighted by Crippen LogP contribution is -2.50. The summed E-state index contributed by atoms with van der Waals surface area (Å²) in [5.74, 6) is -1.53. The smallest absolute Gasteiger partial charge is 0.362 e. The van der Waals surface area contributed by atoms with Crippen molar-refractivity contribution in [1.82, 2.24) is 0 Å². The van der Waals surface area contributed by atoms with Crippen LogP contribution in [0.4, 0.5) is 0 Å². The maximum atomic E-state index is 12.7. The number of hydrogen-bond donors (Lipinski definition) is 1. The molecule has 8 heteroatoms. The van der Waals surface area contributed by atoms with Crippen molar-refractivity contribution in [3.05, 3.63) is 48.6 Å². The quantitative estimate of drug-likeness (QED) is 0.0296. The second-order valence-corrected chi connectivity index (χ2v) is 14.9. The van der Waals surface area contributed by atoms with E-state index in [9.17, 15) is 19.5 Å². The topological polar surface area (TPSA) is 99.1 Å². The zero-order chi connectivity index (χ0) is 38.5. The third-order valence-corrected chi connectivity index (χ3v) is 8.96. The highest BCUT2D eigenvalue weighted by Gasteiger charge is 2.31. The molecule has 52 heavy (non-hydrogen) atoms. The molecule has 0 aromatic rings. The second kappa shape index (κ2) is 35.3. The molecule has 0 heterocycles. The van der Waals surface area contributed by atoms with Crippen molar-refractivity contribution in [2.24, 2.45) is 0 Å². The van der Waals surface area contributed by atoms with E-state index in [1.165, 1.54) is 57.8 Å². The van der Waals surface area contributed by atoms with Gasteiger partial charge < -0.3 is 23.8 Å². The first kappa shape index (κ1) is 49.3. The summed E-state index contributed by atoms with van der Waals surface area (Å²) in [4.78, 5) is 36.8. The van der Waals surface area contributed by atoms with Gasteiger partial charge in [-0.1, -0.05) is 120 Å². The van der Waals surface area contributed by atoms with Gasteiger partial charge in [-0.2, -0.15) is 0 Å². The Morgan fingerprint density at radius 3 is 1.65 bits per heavy atom. The molecule has 0 rings (SSSR count). The zero-order valence-corrected chi connectivity index (χ0v) is 34.0. The molecule has 0 aliphatic heterocycles. The van der Waals surface area contributed by atoms with Crippen LogP contribution < -0.4 is 0 Å². The predicted octanol–water partition coefficient (Wildman–Crippen LogP) is 10.9. The molecule has 0 saturated carbocycles. The average Bonchev–Trinajstić information content (AvgIpc) is 3.09. The molecule has 2 unspecified atom stereocenters. The van der Waals surface area contributed by atoms with Gasteiger partial charge in [-0.15, -0.1) is 0 Å². The summed E-state index contributed by atoms with van der Waals surface area (Å²) in [6, 6.07) is -0.621. The summed E-state index contributed by atoms with van der Waals surface area (Å²) in [6.45, 7) is 4.55. The third-order valence-electron chi connectivity index (χ3n) is 8.96. The summed E-state index contributed by atoms with van der Waals surface area (Å²) in [5.41, 5.74) is 0. The van der Waals surface area contributed by atoms with E-state index in [1.54, 1.807) is 0 Å². The van der Waals surface area contributed by atoms with Gasteiger partial charge in [0.05, 0.1) is 34.4 Å². The molecule has 0 fully saturated rings. The molecule has 0 amide bonds. The molecule has 0 radical (unpaired) electrons. The van der Waals surface area contributed by atoms with E-state index in [1.807, 2.05) is 21.1 Å². The number of allylic oxidation sites excluding steroid dienone is 8. The lowest BCUT2D eigenvalue weighted by Gasteiger charge is -2.31. The highest BCUT2D eigenvalue weighted by atomic mass is 16.6. The molecule has 0 saturated heterocycles. The third kappa shape index (κ3) is 33.1. The van der Waals surface area contributed by atoms with Gasteiger partial charge in [0.1, 0.15) is 6.61 Å². The number of unbranched alkanes of at least 4 members (excludes halogenated alkanes) is 14. The van der Waals surface area contributed by atoms with Crippen LogP contribution in [-0.2, 0) is 28.6 Å². The molecule has 0 aliphatic carbocycles. The molecule has 2 atom stereocenters. The van der Waals surface area contributed by atoms with Crippen molar-refractivity contribution in [2.75, 3.05) is 41.0 Å². The standard InChI is InChI=1S/C44H77NO7/c1-6-8-10-12-14-16-18-20-21-22-23-25-27-29-31-33-35-43(47)52-40(38-50-37-36-41(44(48)49)45(3,4)5)39-51-42(46)34-32-30-28-26-24-19-17-15-13-11-9-7-2/h9,11,15,17,21-22,24,26,40-41H,6-8,10,12-14,16,18-20,23,25,27-39H2,1-5H3/p+1/b11-9+,17-15+,22-21+,26-24+. The van der Waals surface area contributed by atoms with Crippen molar-refractivity contribution in [2.45, 2.75) is 174 Å². The first-order chi connectivity index (χ1) is 25.1. The monoisotopic (exact) mass is 733 g/mol. The minimum Gasteiger partial charge on any atom is -0.477 e. The minimum absolute atomic E-state index is 0.0448. The van der Waals surface area contributed by atoms with E-state index >= 15 is 0 Å². The molecule has 8 nitrogen and oxygen atoms in total. The maximum Gasteiger partial charge on any atom is 0.362 e. The number of hydrogen-bond acceptors (Lipinski definition) is 6. The molecule has 0 spiro atoms. The van der Waals surface area contributed by atoms with Gasteiger partial charge in [-0.05, 0) is 70.6 Å². The molecule has 300 valence electrons. The number of nitrogens with zero attached hydrogens (tertiary/aromatic N) is 1. The maximum absolute atomic E-state index is 12.7. The van der Waals surface area contributed by atoms with Crippen LogP contribution in [0.15, 0.2) is 48.6 Å². The Hall–Kier alpha value is -2.71. The van der Waals surface area contributed by atoms with Crippen LogP contribution in [0.2, 0.25) is 0 Å². The fraction of sp³-hybridized carbons (Fsp3) is 0.750. The number of carbonyl (C=O) groups excluding carboxylic acids is 2. The number of carboxylic acids is 1. The number of aliphatic carboxylic acids is 1. The van der Waals surface area contributed by atoms with Crippen LogP contribution in [0, 0.1) is 0 Å². The summed E-state index contributed by atoms with van der Waals surface area (Å²) in [5, 5.41) is 9.60. The number of esters is 2. The van der Waals surface area contributed by atoms with Gasteiger partial charge in [-0.3, -0.25) is 9.59 Å². The van der Waals surface area contributed by atoms with Crippen LogP contribution in [0.3, 0.4) is 0 Å². The largest absolute Gasteiger partial charge is 0.477 e. The fourth-order valence-corrected chi connectivity index (χ4v) is 5.75. The number of carboxylic acid groups (broad SMARTS) is 1. The number of rotatable bonds is 36. The zero-order valence-electron chi connectivity index (χ0n) is 34.0. The Morgan fingerprint density at radius 1 is 0.596 bits per heavy atom. The number of quaternary nitrogens is 1. The van der Waals surface area contributed by atoms with Crippen molar-refractivity contribution < 1.29 is 38.2 Å². The van der Waals surface area contributed by atoms with E-state index in [4.69, 9.17) is 14.2 Å². The number of carbonyl (C=O) groups is 3. The van der Waals surface area contributed by atoms with Crippen molar-refractivity contribution >= 4 is 17.9 Å². The fourth-order valence-electron chi connectivity index (χ4n) is 5.75. The van der Waals surface area contributed by atoms with Gasteiger partial charge in [-0.25, -0.2) is 4.79 Å². The first-order valence-corrected chi connectivity index (χ1v) is 20.7. The molecular formula is C44H78NO7+. The van der Waals surface area contributed by atoms with E-state index in [0.717, 1.165) is 70.6 Å². The normalized spacial score (nSPS) is 13.5. The Kier molecular flexibility index (Phi) is 33.5. The SMILES string of the molecule is CC/C=C/C/C=C/C/C=C/CCCCC(=O)OCC(COCCC(C(=O)O)[N+](C)(C)C)OC(=O)CCCCCCC/C=C/CCCCCCCCC. The Bertz CT molecular complexity index is 995. The Morgan fingerprint density at radius 2 is 1.08 bits per heavy atom. The molecular weight excluding hydrogens is 654 g/mol. The van der Waals surface area contributed by atoms with Gasteiger partial charge >= 0.3 is 17.9 Å². The van der Waals surface area contributed by atoms with Crippen molar-refractivity contribution in [1.29, 1.82) is 0 Å². The Balaban J connectivity index is 4.44. The molecule has 0 aromatic carbocycles. The van der Waals surface area contributed by atoms with Crippen molar-refractivity contribution in [3.8, 4) is 0 Å². The number of ether oxygens (including phenoxy) is 3.